The van der Waals surface area contributed by atoms with Crippen LogP contribution in [0.3, 0.4) is 0 Å². The smallest absolute Gasteiger partial charge is 0.0987 e. The summed E-state index contributed by atoms with van der Waals surface area (Å²) in [5.41, 5.74) is -0.515. The topological polar surface area (TPSA) is 20.2 Å². The molecule has 0 bridgehead atoms. The lowest BCUT2D eigenvalue weighted by molar-refractivity contribution is 0.0235. The SMILES string of the molecule is CC1CCCC(O)(c2cccs2)CC1. The highest BCUT2D eigenvalue weighted by atomic mass is 32.1. The first kappa shape index (κ1) is 10.2. The van der Waals surface area contributed by atoms with Crippen LogP contribution in [0, 0.1) is 5.92 Å². The van der Waals surface area contributed by atoms with E-state index in [-0.39, 0.29) is 0 Å². The Morgan fingerprint density at radius 3 is 3.00 bits per heavy atom. The summed E-state index contributed by atoms with van der Waals surface area (Å²) in [6.07, 6.45) is 5.48. The zero-order valence-corrected chi connectivity index (χ0v) is 9.52. The van der Waals surface area contributed by atoms with Crippen molar-refractivity contribution in [1.29, 1.82) is 0 Å². The lowest BCUT2D eigenvalue weighted by atomic mass is 9.92. The largest absolute Gasteiger partial charge is 0.384 e. The molecule has 0 aliphatic heterocycles. The van der Waals surface area contributed by atoms with Crippen LogP contribution in [0.25, 0.3) is 0 Å². The fourth-order valence-electron chi connectivity index (χ4n) is 2.29. The standard InChI is InChI=1S/C12H18OS/c1-10-4-2-7-12(13,8-6-10)11-5-3-9-14-11/h3,5,9-10,13H,2,4,6-8H2,1H3. The molecule has 2 unspecified atom stereocenters. The molecule has 1 heterocycles. The first-order chi connectivity index (χ1) is 6.71. The highest BCUT2D eigenvalue weighted by molar-refractivity contribution is 7.10. The average molecular weight is 210 g/mol. The Hall–Kier alpha value is -0.340. The van der Waals surface area contributed by atoms with Gasteiger partial charge in [-0.1, -0.05) is 19.4 Å². The lowest BCUT2D eigenvalue weighted by Crippen LogP contribution is -2.23. The molecule has 1 aromatic rings. The van der Waals surface area contributed by atoms with Crippen LogP contribution < -0.4 is 0 Å². The first-order valence-electron chi connectivity index (χ1n) is 5.47. The minimum Gasteiger partial charge on any atom is -0.384 e. The van der Waals surface area contributed by atoms with Gasteiger partial charge in [-0.05, 0) is 43.0 Å². The molecule has 0 radical (unpaired) electrons. The fourth-order valence-corrected chi connectivity index (χ4v) is 3.17. The third kappa shape index (κ3) is 2.01. The second kappa shape index (κ2) is 4.03. The van der Waals surface area contributed by atoms with Crippen molar-refractivity contribution in [2.45, 2.75) is 44.6 Å². The van der Waals surface area contributed by atoms with Crippen molar-refractivity contribution in [3.05, 3.63) is 22.4 Å². The molecular weight excluding hydrogens is 192 g/mol. The van der Waals surface area contributed by atoms with Crippen LogP contribution in [0.5, 0.6) is 0 Å². The van der Waals surface area contributed by atoms with Crippen molar-refractivity contribution < 1.29 is 5.11 Å². The van der Waals surface area contributed by atoms with Crippen molar-refractivity contribution in [3.8, 4) is 0 Å². The molecular formula is C12H18OS. The monoisotopic (exact) mass is 210 g/mol. The molecule has 78 valence electrons. The van der Waals surface area contributed by atoms with E-state index in [1.807, 2.05) is 6.07 Å². The van der Waals surface area contributed by atoms with E-state index in [9.17, 15) is 5.11 Å². The summed E-state index contributed by atoms with van der Waals surface area (Å²) in [5.74, 6) is 0.781. The average Bonchev–Trinajstić information content (AvgIpc) is 2.63. The second-order valence-electron chi connectivity index (χ2n) is 4.54. The zero-order valence-electron chi connectivity index (χ0n) is 8.70. The Kier molecular flexibility index (Phi) is 2.93. The highest BCUT2D eigenvalue weighted by Crippen LogP contribution is 2.39. The highest BCUT2D eigenvalue weighted by Gasteiger charge is 2.32. The Bertz CT molecular complexity index is 281. The number of hydrogen-bond acceptors (Lipinski definition) is 2. The van der Waals surface area contributed by atoms with Gasteiger partial charge in [0.25, 0.3) is 0 Å². The zero-order chi connectivity index (χ0) is 10.0. The van der Waals surface area contributed by atoms with E-state index in [0.717, 1.165) is 36.5 Å². The van der Waals surface area contributed by atoms with E-state index in [4.69, 9.17) is 0 Å². The Balaban J connectivity index is 2.15. The van der Waals surface area contributed by atoms with Gasteiger partial charge >= 0.3 is 0 Å². The van der Waals surface area contributed by atoms with Gasteiger partial charge in [0.05, 0.1) is 5.60 Å². The quantitative estimate of drug-likeness (QED) is 0.703. The van der Waals surface area contributed by atoms with Crippen LogP contribution in [0.15, 0.2) is 17.5 Å². The number of rotatable bonds is 1. The number of aliphatic hydroxyl groups is 1. The molecule has 0 saturated heterocycles. The maximum atomic E-state index is 10.5. The maximum absolute atomic E-state index is 10.5. The molecule has 14 heavy (non-hydrogen) atoms. The van der Waals surface area contributed by atoms with Crippen molar-refractivity contribution in [2.24, 2.45) is 5.92 Å². The summed E-state index contributed by atoms with van der Waals surface area (Å²) in [6, 6.07) is 4.10. The molecule has 2 atom stereocenters. The number of hydrogen-bond donors (Lipinski definition) is 1. The summed E-state index contributed by atoms with van der Waals surface area (Å²) in [5, 5.41) is 12.6. The molecule has 0 amide bonds. The van der Waals surface area contributed by atoms with E-state index >= 15 is 0 Å². The van der Waals surface area contributed by atoms with Crippen LogP contribution >= 0.6 is 11.3 Å². The third-order valence-corrected chi connectivity index (χ3v) is 4.38. The number of thiophene rings is 1. The van der Waals surface area contributed by atoms with Crippen LogP contribution in [-0.4, -0.2) is 5.11 Å². The Morgan fingerprint density at radius 1 is 1.43 bits per heavy atom. The van der Waals surface area contributed by atoms with Crippen LogP contribution in [0.2, 0.25) is 0 Å². The van der Waals surface area contributed by atoms with Crippen molar-refractivity contribution >= 4 is 11.3 Å². The van der Waals surface area contributed by atoms with Gasteiger partial charge < -0.3 is 5.11 Å². The minimum absolute atomic E-state index is 0.515. The van der Waals surface area contributed by atoms with Gasteiger partial charge in [-0.2, -0.15) is 0 Å². The predicted molar refractivity (Wildman–Crippen MR) is 60.5 cm³/mol. The van der Waals surface area contributed by atoms with Crippen molar-refractivity contribution in [1.82, 2.24) is 0 Å². The van der Waals surface area contributed by atoms with E-state index in [2.05, 4.69) is 18.4 Å². The van der Waals surface area contributed by atoms with Gasteiger partial charge in [0.15, 0.2) is 0 Å². The predicted octanol–water partition coefficient (Wildman–Crippen LogP) is 3.54. The molecule has 2 heteroatoms. The Morgan fingerprint density at radius 2 is 2.29 bits per heavy atom. The summed E-state index contributed by atoms with van der Waals surface area (Å²) >= 11 is 1.69. The minimum atomic E-state index is -0.515. The van der Waals surface area contributed by atoms with Crippen LogP contribution in [0.4, 0.5) is 0 Å². The van der Waals surface area contributed by atoms with Gasteiger partial charge in [0, 0.05) is 4.88 Å². The van der Waals surface area contributed by atoms with Crippen LogP contribution in [-0.2, 0) is 5.60 Å². The molecule has 1 fully saturated rings. The maximum Gasteiger partial charge on any atom is 0.0987 e. The fraction of sp³-hybridized carbons (Fsp3) is 0.667. The summed E-state index contributed by atoms with van der Waals surface area (Å²) in [7, 11) is 0. The van der Waals surface area contributed by atoms with E-state index in [1.165, 1.54) is 6.42 Å². The summed E-state index contributed by atoms with van der Waals surface area (Å²) in [6.45, 7) is 2.29. The summed E-state index contributed by atoms with van der Waals surface area (Å²) in [4.78, 5) is 1.16. The van der Waals surface area contributed by atoms with Gasteiger partial charge in [0.1, 0.15) is 0 Å². The molecule has 0 spiro atoms. The van der Waals surface area contributed by atoms with Crippen LogP contribution in [0.1, 0.15) is 43.9 Å². The first-order valence-corrected chi connectivity index (χ1v) is 6.35. The molecule has 1 N–H and O–H groups in total. The third-order valence-electron chi connectivity index (χ3n) is 3.32. The van der Waals surface area contributed by atoms with Gasteiger partial charge in [0.2, 0.25) is 0 Å². The molecule has 1 saturated carbocycles. The van der Waals surface area contributed by atoms with Crippen molar-refractivity contribution in [2.75, 3.05) is 0 Å². The molecule has 0 aromatic carbocycles. The molecule has 2 rings (SSSR count). The second-order valence-corrected chi connectivity index (χ2v) is 5.49. The van der Waals surface area contributed by atoms with E-state index in [0.29, 0.717) is 0 Å². The lowest BCUT2D eigenvalue weighted by Gasteiger charge is -2.25. The normalized spacial score (nSPS) is 34.0. The molecule has 1 aliphatic carbocycles. The van der Waals surface area contributed by atoms with Gasteiger partial charge in [-0.25, -0.2) is 0 Å². The molecule has 1 aromatic heterocycles. The van der Waals surface area contributed by atoms with Gasteiger partial charge in [-0.3, -0.25) is 0 Å². The summed E-state index contributed by atoms with van der Waals surface area (Å²) < 4.78 is 0. The van der Waals surface area contributed by atoms with Crippen molar-refractivity contribution in [3.63, 3.8) is 0 Å². The van der Waals surface area contributed by atoms with E-state index < -0.39 is 5.60 Å². The molecule has 1 aliphatic rings. The van der Waals surface area contributed by atoms with E-state index in [1.54, 1.807) is 11.3 Å². The molecule has 1 nitrogen and oxygen atoms in total. The van der Waals surface area contributed by atoms with Gasteiger partial charge in [-0.15, -0.1) is 11.3 Å². The Labute approximate surface area is 89.8 Å².